The average molecular weight is 114 g/mol. The Balaban J connectivity index is 2.41. The third-order valence-electron chi connectivity index (χ3n) is 2.50. The SMILES string of the molecule is CC(O)C1(C)CCC1. The van der Waals surface area contributed by atoms with E-state index in [0.29, 0.717) is 0 Å². The fourth-order valence-corrected chi connectivity index (χ4v) is 1.15. The molecule has 0 aromatic rings. The average Bonchev–Trinajstić information content (AvgIpc) is 1.60. The van der Waals surface area contributed by atoms with Crippen molar-refractivity contribution in [2.45, 2.75) is 39.2 Å². The molecule has 1 aliphatic rings. The first kappa shape index (κ1) is 6.09. The van der Waals surface area contributed by atoms with Gasteiger partial charge in [-0.05, 0) is 25.2 Å². The third-order valence-corrected chi connectivity index (χ3v) is 2.50. The Morgan fingerprint density at radius 2 is 2.00 bits per heavy atom. The van der Waals surface area contributed by atoms with Gasteiger partial charge in [-0.15, -0.1) is 0 Å². The molecule has 1 nitrogen and oxygen atoms in total. The van der Waals surface area contributed by atoms with Crippen LogP contribution in [-0.4, -0.2) is 11.2 Å². The molecule has 0 radical (unpaired) electrons. The topological polar surface area (TPSA) is 20.2 Å². The van der Waals surface area contributed by atoms with Crippen LogP contribution in [0, 0.1) is 5.41 Å². The van der Waals surface area contributed by atoms with Crippen molar-refractivity contribution < 1.29 is 5.11 Å². The molecule has 0 heterocycles. The van der Waals surface area contributed by atoms with E-state index in [4.69, 9.17) is 5.11 Å². The lowest BCUT2D eigenvalue weighted by Crippen LogP contribution is -2.36. The van der Waals surface area contributed by atoms with Crippen LogP contribution in [0.25, 0.3) is 0 Å². The molecule has 8 heavy (non-hydrogen) atoms. The summed E-state index contributed by atoms with van der Waals surface area (Å²) in [4.78, 5) is 0. The minimum atomic E-state index is -0.101. The van der Waals surface area contributed by atoms with Gasteiger partial charge >= 0.3 is 0 Å². The van der Waals surface area contributed by atoms with Crippen molar-refractivity contribution in [3.8, 4) is 0 Å². The molecule has 1 N–H and O–H groups in total. The Morgan fingerprint density at radius 1 is 1.50 bits per heavy atom. The maximum atomic E-state index is 9.13. The zero-order valence-corrected chi connectivity index (χ0v) is 5.65. The molecule has 1 heteroatoms. The highest BCUT2D eigenvalue weighted by Crippen LogP contribution is 2.42. The van der Waals surface area contributed by atoms with Crippen LogP contribution in [-0.2, 0) is 0 Å². The molecule has 0 amide bonds. The molecule has 0 bridgehead atoms. The van der Waals surface area contributed by atoms with Crippen molar-refractivity contribution >= 4 is 0 Å². The van der Waals surface area contributed by atoms with Gasteiger partial charge in [0.25, 0.3) is 0 Å². The van der Waals surface area contributed by atoms with Crippen LogP contribution in [0.4, 0.5) is 0 Å². The van der Waals surface area contributed by atoms with E-state index in [1.165, 1.54) is 19.3 Å². The van der Waals surface area contributed by atoms with Crippen LogP contribution < -0.4 is 0 Å². The van der Waals surface area contributed by atoms with E-state index in [2.05, 4.69) is 6.92 Å². The standard InChI is InChI=1S/C7H14O/c1-6(8)7(2)4-3-5-7/h6,8H,3-5H2,1-2H3. The number of hydrogen-bond donors (Lipinski definition) is 1. The van der Waals surface area contributed by atoms with Crippen LogP contribution in [0.5, 0.6) is 0 Å². The lowest BCUT2D eigenvalue weighted by Gasteiger charge is -2.40. The van der Waals surface area contributed by atoms with Gasteiger partial charge in [-0.1, -0.05) is 13.3 Å². The van der Waals surface area contributed by atoms with Gasteiger partial charge in [0.2, 0.25) is 0 Å². The van der Waals surface area contributed by atoms with E-state index < -0.39 is 0 Å². The van der Waals surface area contributed by atoms with Crippen molar-refractivity contribution in [1.29, 1.82) is 0 Å². The van der Waals surface area contributed by atoms with E-state index in [1.807, 2.05) is 6.92 Å². The lowest BCUT2D eigenvalue weighted by molar-refractivity contribution is -0.00739. The molecule has 0 saturated heterocycles. The summed E-state index contributed by atoms with van der Waals surface area (Å²) in [7, 11) is 0. The zero-order valence-electron chi connectivity index (χ0n) is 5.65. The highest BCUT2D eigenvalue weighted by Gasteiger charge is 2.35. The van der Waals surface area contributed by atoms with Crippen LogP contribution in [0.15, 0.2) is 0 Å². The first-order valence-electron chi connectivity index (χ1n) is 3.33. The second-order valence-electron chi connectivity index (χ2n) is 3.18. The van der Waals surface area contributed by atoms with Gasteiger partial charge in [0.05, 0.1) is 6.10 Å². The summed E-state index contributed by atoms with van der Waals surface area (Å²) in [6, 6.07) is 0. The highest BCUT2D eigenvalue weighted by atomic mass is 16.3. The first-order chi connectivity index (χ1) is 3.65. The van der Waals surface area contributed by atoms with Gasteiger partial charge in [-0.3, -0.25) is 0 Å². The Labute approximate surface area is 50.7 Å². The van der Waals surface area contributed by atoms with Gasteiger partial charge in [0.15, 0.2) is 0 Å². The predicted octanol–water partition coefficient (Wildman–Crippen LogP) is 1.56. The van der Waals surface area contributed by atoms with Gasteiger partial charge in [-0.25, -0.2) is 0 Å². The number of aliphatic hydroxyl groups is 1. The second-order valence-corrected chi connectivity index (χ2v) is 3.18. The van der Waals surface area contributed by atoms with Crippen molar-refractivity contribution in [2.24, 2.45) is 5.41 Å². The lowest BCUT2D eigenvalue weighted by atomic mass is 9.67. The van der Waals surface area contributed by atoms with Crippen LogP contribution >= 0.6 is 0 Å². The summed E-state index contributed by atoms with van der Waals surface area (Å²) in [6.45, 7) is 4.04. The minimum absolute atomic E-state index is 0.101. The number of hydrogen-bond acceptors (Lipinski definition) is 1. The highest BCUT2D eigenvalue weighted by molar-refractivity contribution is 4.87. The van der Waals surface area contributed by atoms with Gasteiger partial charge in [0.1, 0.15) is 0 Å². The van der Waals surface area contributed by atoms with E-state index in [1.54, 1.807) is 0 Å². The van der Waals surface area contributed by atoms with Crippen LogP contribution in [0.2, 0.25) is 0 Å². The normalized spacial score (nSPS) is 28.9. The fourth-order valence-electron chi connectivity index (χ4n) is 1.15. The van der Waals surface area contributed by atoms with Gasteiger partial charge in [0, 0.05) is 0 Å². The first-order valence-corrected chi connectivity index (χ1v) is 3.33. The molecular formula is C7H14O. The maximum Gasteiger partial charge on any atom is 0.0565 e. The van der Waals surface area contributed by atoms with E-state index in [0.717, 1.165) is 0 Å². The zero-order chi connectivity index (χ0) is 6.20. The predicted molar refractivity (Wildman–Crippen MR) is 33.6 cm³/mol. The van der Waals surface area contributed by atoms with Crippen LogP contribution in [0.3, 0.4) is 0 Å². The number of rotatable bonds is 1. The second kappa shape index (κ2) is 1.73. The monoisotopic (exact) mass is 114 g/mol. The summed E-state index contributed by atoms with van der Waals surface area (Å²) >= 11 is 0. The van der Waals surface area contributed by atoms with Crippen molar-refractivity contribution in [1.82, 2.24) is 0 Å². The van der Waals surface area contributed by atoms with E-state index in [9.17, 15) is 0 Å². The molecule has 1 aliphatic carbocycles. The largest absolute Gasteiger partial charge is 0.393 e. The van der Waals surface area contributed by atoms with Gasteiger partial charge < -0.3 is 5.11 Å². The molecule has 1 fully saturated rings. The smallest absolute Gasteiger partial charge is 0.0565 e. The molecule has 0 aromatic heterocycles. The Morgan fingerprint density at radius 3 is 2.00 bits per heavy atom. The molecule has 1 saturated carbocycles. The Hall–Kier alpha value is -0.0400. The Kier molecular flexibility index (Phi) is 1.31. The molecule has 0 spiro atoms. The summed E-state index contributed by atoms with van der Waals surface area (Å²) in [5.74, 6) is 0. The molecule has 1 rings (SSSR count). The molecule has 1 atom stereocenters. The summed E-state index contributed by atoms with van der Waals surface area (Å²) < 4.78 is 0. The molecule has 48 valence electrons. The van der Waals surface area contributed by atoms with Crippen molar-refractivity contribution in [3.05, 3.63) is 0 Å². The number of aliphatic hydroxyl groups excluding tert-OH is 1. The van der Waals surface area contributed by atoms with Crippen molar-refractivity contribution in [3.63, 3.8) is 0 Å². The molecular weight excluding hydrogens is 100 g/mol. The third kappa shape index (κ3) is 0.752. The Bertz CT molecular complexity index is 82.4. The van der Waals surface area contributed by atoms with Crippen molar-refractivity contribution in [2.75, 3.05) is 0 Å². The summed E-state index contributed by atoms with van der Waals surface area (Å²) in [5.41, 5.74) is 0.278. The van der Waals surface area contributed by atoms with E-state index in [-0.39, 0.29) is 11.5 Å². The quantitative estimate of drug-likeness (QED) is 0.548. The maximum absolute atomic E-state index is 9.13. The molecule has 0 aliphatic heterocycles. The van der Waals surface area contributed by atoms with Crippen LogP contribution in [0.1, 0.15) is 33.1 Å². The van der Waals surface area contributed by atoms with Gasteiger partial charge in [-0.2, -0.15) is 0 Å². The fraction of sp³-hybridized carbons (Fsp3) is 1.00. The summed E-state index contributed by atoms with van der Waals surface area (Å²) in [5, 5.41) is 9.13. The molecule has 1 unspecified atom stereocenters. The summed E-state index contributed by atoms with van der Waals surface area (Å²) in [6.07, 6.45) is 3.63. The minimum Gasteiger partial charge on any atom is -0.393 e. The molecule has 0 aromatic carbocycles. The van der Waals surface area contributed by atoms with E-state index >= 15 is 0 Å².